The lowest BCUT2D eigenvalue weighted by Gasteiger charge is -2.14. The lowest BCUT2D eigenvalue weighted by molar-refractivity contribution is 0.314. The van der Waals surface area contributed by atoms with Crippen LogP contribution in [-0.2, 0) is 6.54 Å². The van der Waals surface area contributed by atoms with Gasteiger partial charge in [-0.25, -0.2) is 4.98 Å². The molecule has 1 unspecified atom stereocenters. The molecule has 1 aliphatic rings. The lowest BCUT2D eigenvalue weighted by Crippen LogP contribution is -2.20. The maximum atomic E-state index is 4.32. The molecular weight excluding hydrogens is 232 g/mol. The van der Waals surface area contributed by atoms with Gasteiger partial charge in [0.25, 0.3) is 0 Å². The molecule has 0 bridgehead atoms. The molecule has 0 amide bonds. The topological polar surface area (TPSA) is 34.0 Å². The molecule has 90 valence electrons. The van der Waals surface area contributed by atoms with E-state index in [9.17, 15) is 0 Å². The molecule has 1 fully saturated rings. The molecule has 4 nitrogen and oxygen atoms in total. The van der Waals surface area contributed by atoms with Gasteiger partial charge in [-0.05, 0) is 19.4 Å². The zero-order valence-electron chi connectivity index (χ0n) is 9.91. The van der Waals surface area contributed by atoms with Gasteiger partial charge in [0.05, 0.1) is 11.0 Å². The molecule has 0 N–H and O–H groups in total. The van der Waals surface area contributed by atoms with Crippen LogP contribution in [0.1, 0.15) is 22.3 Å². The molecular formula is C12H16N4S. The molecule has 2 aromatic rings. The number of hydrogen-bond acceptors (Lipinski definition) is 4. The SMILES string of the molecule is Cc1ncc(CN2CCC(n3cccn3)C2)s1. The summed E-state index contributed by atoms with van der Waals surface area (Å²) in [4.78, 5) is 8.15. The van der Waals surface area contributed by atoms with Crippen LogP contribution in [0.15, 0.2) is 24.7 Å². The van der Waals surface area contributed by atoms with E-state index in [2.05, 4.69) is 32.8 Å². The predicted molar refractivity (Wildman–Crippen MR) is 68.0 cm³/mol. The normalized spacial score (nSPS) is 21.1. The van der Waals surface area contributed by atoms with Gasteiger partial charge in [0, 0.05) is 43.1 Å². The molecule has 3 heterocycles. The minimum atomic E-state index is 0.541. The van der Waals surface area contributed by atoms with Crippen molar-refractivity contribution in [3.8, 4) is 0 Å². The number of hydrogen-bond donors (Lipinski definition) is 0. The second-order valence-electron chi connectivity index (χ2n) is 4.51. The Morgan fingerprint density at radius 3 is 3.18 bits per heavy atom. The van der Waals surface area contributed by atoms with E-state index in [4.69, 9.17) is 0 Å². The smallest absolute Gasteiger partial charge is 0.0897 e. The first-order valence-corrected chi connectivity index (χ1v) is 6.76. The molecule has 1 atom stereocenters. The summed E-state index contributed by atoms with van der Waals surface area (Å²) in [6.45, 7) is 5.34. The minimum absolute atomic E-state index is 0.541. The second kappa shape index (κ2) is 4.58. The Morgan fingerprint density at radius 1 is 1.53 bits per heavy atom. The minimum Gasteiger partial charge on any atom is -0.296 e. The van der Waals surface area contributed by atoms with E-state index in [1.807, 2.05) is 18.5 Å². The molecule has 5 heteroatoms. The van der Waals surface area contributed by atoms with Crippen molar-refractivity contribution < 1.29 is 0 Å². The van der Waals surface area contributed by atoms with Crippen molar-refractivity contribution in [1.82, 2.24) is 19.7 Å². The number of aryl methyl sites for hydroxylation is 1. The fraction of sp³-hybridized carbons (Fsp3) is 0.500. The fourth-order valence-electron chi connectivity index (χ4n) is 2.37. The van der Waals surface area contributed by atoms with Crippen LogP contribution in [-0.4, -0.2) is 32.8 Å². The lowest BCUT2D eigenvalue weighted by atomic mass is 10.3. The van der Waals surface area contributed by atoms with Crippen LogP contribution < -0.4 is 0 Å². The van der Waals surface area contributed by atoms with Crippen LogP contribution in [0.2, 0.25) is 0 Å². The molecule has 0 radical (unpaired) electrons. The Bertz CT molecular complexity index is 476. The van der Waals surface area contributed by atoms with Crippen molar-refractivity contribution in [2.24, 2.45) is 0 Å². The van der Waals surface area contributed by atoms with Crippen LogP contribution in [0.25, 0.3) is 0 Å². The highest BCUT2D eigenvalue weighted by Gasteiger charge is 2.24. The maximum Gasteiger partial charge on any atom is 0.0897 e. The average molecular weight is 248 g/mol. The Labute approximate surface area is 105 Å². The Morgan fingerprint density at radius 2 is 2.47 bits per heavy atom. The molecule has 0 spiro atoms. The summed E-state index contributed by atoms with van der Waals surface area (Å²) in [6.07, 6.45) is 7.11. The van der Waals surface area contributed by atoms with Crippen LogP contribution in [0.5, 0.6) is 0 Å². The van der Waals surface area contributed by atoms with Crippen molar-refractivity contribution in [3.05, 3.63) is 34.5 Å². The van der Waals surface area contributed by atoms with Gasteiger partial charge in [-0.1, -0.05) is 0 Å². The van der Waals surface area contributed by atoms with Gasteiger partial charge in [0.15, 0.2) is 0 Å². The largest absolute Gasteiger partial charge is 0.296 e. The quantitative estimate of drug-likeness (QED) is 0.834. The zero-order chi connectivity index (χ0) is 11.7. The van der Waals surface area contributed by atoms with E-state index in [1.165, 1.54) is 11.3 Å². The van der Waals surface area contributed by atoms with Gasteiger partial charge in [-0.3, -0.25) is 9.58 Å². The Hall–Kier alpha value is -1.20. The molecule has 2 aromatic heterocycles. The first-order chi connectivity index (χ1) is 8.31. The molecule has 1 aliphatic heterocycles. The van der Waals surface area contributed by atoms with Crippen molar-refractivity contribution in [2.75, 3.05) is 13.1 Å². The van der Waals surface area contributed by atoms with Crippen LogP contribution in [0.3, 0.4) is 0 Å². The summed E-state index contributed by atoms with van der Waals surface area (Å²) in [5.41, 5.74) is 0. The van der Waals surface area contributed by atoms with Gasteiger partial charge >= 0.3 is 0 Å². The van der Waals surface area contributed by atoms with Gasteiger partial charge in [0.2, 0.25) is 0 Å². The fourth-order valence-corrected chi connectivity index (χ4v) is 3.20. The highest BCUT2D eigenvalue weighted by atomic mass is 32.1. The van der Waals surface area contributed by atoms with Gasteiger partial charge in [-0.15, -0.1) is 11.3 Å². The van der Waals surface area contributed by atoms with E-state index in [-0.39, 0.29) is 0 Å². The summed E-state index contributed by atoms with van der Waals surface area (Å²) in [5.74, 6) is 0. The van der Waals surface area contributed by atoms with Crippen molar-refractivity contribution >= 4 is 11.3 Å². The highest BCUT2D eigenvalue weighted by Crippen LogP contribution is 2.23. The highest BCUT2D eigenvalue weighted by molar-refractivity contribution is 7.11. The summed E-state index contributed by atoms with van der Waals surface area (Å²) < 4.78 is 2.08. The van der Waals surface area contributed by atoms with Crippen molar-refractivity contribution in [1.29, 1.82) is 0 Å². The monoisotopic (exact) mass is 248 g/mol. The number of thiazole rings is 1. The average Bonchev–Trinajstić information content (AvgIpc) is 3.00. The first kappa shape index (κ1) is 10.9. The van der Waals surface area contributed by atoms with E-state index in [0.29, 0.717) is 6.04 Å². The summed E-state index contributed by atoms with van der Waals surface area (Å²) >= 11 is 1.80. The van der Waals surface area contributed by atoms with Gasteiger partial charge < -0.3 is 0 Å². The number of likely N-dealkylation sites (tertiary alicyclic amines) is 1. The molecule has 0 aliphatic carbocycles. The summed E-state index contributed by atoms with van der Waals surface area (Å²) in [5, 5.41) is 5.48. The van der Waals surface area contributed by atoms with Crippen molar-refractivity contribution in [2.45, 2.75) is 25.9 Å². The number of rotatable bonds is 3. The van der Waals surface area contributed by atoms with Gasteiger partial charge in [0.1, 0.15) is 0 Å². The standard InChI is InChI=1S/C12H16N4S/c1-10-13-7-12(17-10)9-15-6-3-11(8-15)16-5-2-4-14-16/h2,4-5,7,11H,3,6,8-9H2,1H3. The third-order valence-corrected chi connectivity index (χ3v) is 4.09. The zero-order valence-corrected chi connectivity index (χ0v) is 10.7. The van der Waals surface area contributed by atoms with Crippen LogP contribution in [0, 0.1) is 6.92 Å². The van der Waals surface area contributed by atoms with Crippen molar-refractivity contribution in [3.63, 3.8) is 0 Å². The van der Waals surface area contributed by atoms with E-state index < -0.39 is 0 Å². The molecule has 1 saturated heterocycles. The molecule has 3 rings (SSSR count). The second-order valence-corrected chi connectivity index (χ2v) is 5.83. The van der Waals surface area contributed by atoms with E-state index in [1.54, 1.807) is 11.3 Å². The van der Waals surface area contributed by atoms with Crippen LogP contribution in [0.4, 0.5) is 0 Å². The number of nitrogens with zero attached hydrogens (tertiary/aromatic N) is 4. The molecule has 0 aromatic carbocycles. The van der Waals surface area contributed by atoms with Crippen LogP contribution >= 0.6 is 11.3 Å². The maximum absolute atomic E-state index is 4.32. The predicted octanol–water partition coefficient (Wildman–Crippen LogP) is 2.10. The van der Waals surface area contributed by atoms with E-state index >= 15 is 0 Å². The van der Waals surface area contributed by atoms with Gasteiger partial charge in [-0.2, -0.15) is 5.10 Å². The number of aromatic nitrogens is 3. The Kier molecular flexibility index (Phi) is 2.94. The third kappa shape index (κ3) is 2.40. The van der Waals surface area contributed by atoms with E-state index in [0.717, 1.165) is 24.6 Å². The Balaban J connectivity index is 1.61. The first-order valence-electron chi connectivity index (χ1n) is 5.94. The summed E-state index contributed by atoms with van der Waals surface area (Å²) in [6, 6.07) is 2.54. The summed E-state index contributed by atoms with van der Waals surface area (Å²) in [7, 11) is 0. The third-order valence-electron chi connectivity index (χ3n) is 3.20. The molecule has 0 saturated carbocycles. The molecule has 17 heavy (non-hydrogen) atoms.